The van der Waals surface area contributed by atoms with Gasteiger partial charge in [-0.3, -0.25) is 14.3 Å². The largest absolute Gasteiger partial charge is 0.350 e. The van der Waals surface area contributed by atoms with Crippen LogP contribution in [0, 0.1) is 5.92 Å². The van der Waals surface area contributed by atoms with Gasteiger partial charge in [-0.05, 0) is 31.7 Å². The summed E-state index contributed by atoms with van der Waals surface area (Å²) in [5.74, 6) is 0.414. The van der Waals surface area contributed by atoms with Gasteiger partial charge in [0.25, 0.3) is 11.8 Å². The smallest absolute Gasteiger partial charge is 0.273 e. The number of hydrogen-bond acceptors (Lipinski definition) is 5. The number of aromatic nitrogens is 5. The van der Waals surface area contributed by atoms with E-state index in [9.17, 15) is 9.59 Å². The number of aryl methyl sites for hydroxylation is 1. The lowest BCUT2D eigenvalue weighted by Crippen LogP contribution is -2.51. The number of likely N-dealkylation sites (tertiary alicyclic amines) is 1. The molecule has 9 heteroatoms. The van der Waals surface area contributed by atoms with Crippen molar-refractivity contribution in [2.75, 3.05) is 19.6 Å². The van der Waals surface area contributed by atoms with E-state index >= 15 is 0 Å². The molecule has 0 radical (unpaired) electrons. The van der Waals surface area contributed by atoms with Gasteiger partial charge in [0.2, 0.25) is 0 Å². The Labute approximate surface area is 145 Å². The van der Waals surface area contributed by atoms with Crippen LogP contribution in [-0.2, 0) is 6.54 Å². The minimum Gasteiger partial charge on any atom is -0.350 e. The molecule has 1 aliphatic heterocycles. The highest BCUT2D eigenvalue weighted by molar-refractivity contribution is 5.93. The number of nitrogens with zero attached hydrogens (tertiary/aromatic N) is 6. The van der Waals surface area contributed by atoms with Crippen LogP contribution in [0.3, 0.4) is 0 Å². The van der Waals surface area contributed by atoms with Crippen LogP contribution >= 0.6 is 0 Å². The highest BCUT2D eigenvalue weighted by atomic mass is 16.2. The van der Waals surface area contributed by atoms with Crippen molar-refractivity contribution in [3.05, 3.63) is 29.8 Å². The second-order valence-electron chi connectivity index (χ2n) is 6.63. The Morgan fingerprint density at radius 2 is 2.12 bits per heavy atom. The quantitative estimate of drug-likeness (QED) is 0.815. The zero-order chi connectivity index (χ0) is 17.4. The van der Waals surface area contributed by atoms with Crippen molar-refractivity contribution in [3.8, 4) is 0 Å². The molecule has 9 nitrogen and oxygen atoms in total. The molecule has 2 aromatic heterocycles. The molecule has 1 aliphatic carbocycles. The third-order valence-corrected chi connectivity index (χ3v) is 4.75. The van der Waals surface area contributed by atoms with Crippen LogP contribution in [0.25, 0.3) is 0 Å². The monoisotopic (exact) mass is 343 g/mol. The third kappa shape index (κ3) is 3.13. The third-order valence-electron chi connectivity index (χ3n) is 4.75. The van der Waals surface area contributed by atoms with Crippen molar-refractivity contribution in [1.82, 2.24) is 35.0 Å². The summed E-state index contributed by atoms with van der Waals surface area (Å²) in [6, 6.07) is 1.79. The molecule has 0 spiro atoms. The molecule has 0 bridgehead atoms. The van der Waals surface area contributed by atoms with E-state index in [1.165, 1.54) is 12.8 Å². The molecule has 1 N–H and O–H groups in total. The van der Waals surface area contributed by atoms with Crippen LogP contribution in [0.5, 0.6) is 0 Å². The lowest BCUT2D eigenvalue weighted by atomic mass is 10.1. The van der Waals surface area contributed by atoms with Gasteiger partial charge < -0.3 is 10.2 Å². The molecule has 0 unspecified atom stereocenters. The molecule has 3 heterocycles. The number of hydrogen-bond donors (Lipinski definition) is 1. The van der Waals surface area contributed by atoms with Crippen LogP contribution in [0.15, 0.2) is 18.5 Å². The summed E-state index contributed by atoms with van der Waals surface area (Å²) in [5.41, 5.74) is 0.925. The van der Waals surface area contributed by atoms with Gasteiger partial charge in [0, 0.05) is 32.4 Å². The molecule has 25 heavy (non-hydrogen) atoms. The summed E-state index contributed by atoms with van der Waals surface area (Å²) in [5, 5.41) is 15.0. The Kier molecular flexibility index (Phi) is 3.98. The van der Waals surface area contributed by atoms with E-state index in [0.29, 0.717) is 43.5 Å². The van der Waals surface area contributed by atoms with Crippen LogP contribution < -0.4 is 5.32 Å². The molecule has 1 saturated carbocycles. The molecular weight excluding hydrogens is 322 g/mol. The van der Waals surface area contributed by atoms with E-state index in [2.05, 4.69) is 20.7 Å². The van der Waals surface area contributed by atoms with Crippen molar-refractivity contribution in [2.45, 2.75) is 32.4 Å². The maximum Gasteiger partial charge on any atom is 0.273 e. The first-order chi connectivity index (χ1) is 12.2. The van der Waals surface area contributed by atoms with E-state index in [1.807, 2.05) is 6.92 Å². The zero-order valence-electron chi connectivity index (χ0n) is 14.1. The number of carbonyl (C=O) groups excluding carboxylic acids is 2. The lowest BCUT2D eigenvalue weighted by Gasteiger charge is -2.38. The van der Waals surface area contributed by atoms with Gasteiger partial charge in [-0.15, -0.1) is 5.10 Å². The average molecular weight is 343 g/mol. The van der Waals surface area contributed by atoms with E-state index in [-0.39, 0.29) is 17.9 Å². The maximum atomic E-state index is 12.5. The van der Waals surface area contributed by atoms with Crippen molar-refractivity contribution >= 4 is 11.8 Å². The van der Waals surface area contributed by atoms with Crippen molar-refractivity contribution in [2.24, 2.45) is 5.92 Å². The first-order valence-electron chi connectivity index (χ1n) is 8.66. The molecule has 0 atom stereocenters. The molecule has 2 aliphatic rings. The Hall–Kier alpha value is -2.71. The van der Waals surface area contributed by atoms with Crippen LogP contribution in [0.1, 0.15) is 46.8 Å². The number of rotatable bonds is 6. The highest BCUT2D eigenvalue weighted by Crippen LogP contribution is 2.27. The molecular formula is C16H21N7O2. The normalized spacial score (nSPS) is 17.4. The lowest BCUT2D eigenvalue weighted by molar-refractivity contribution is 0.0485. The van der Waals surface area contributed by atoms with E-state index in [1.54, 1.807) is 32.7 Å². The predicted molar refractivity (Wildman–Crippen MR) is 87.9 cm³/mol. The summed E-state index contributed by atoms with van der Waals surface area (Å²) in [7, 11) is 0. The van der Waals surface area contributed by atoms with Crippen molar-refractivity contribution < 1.29 is 9.59 Å². The topological polar surface area (TPSA) is 97.9 Å². The number of carbonyl (C=O) groups is 2. The van der Waals surface area contributed by atoms with Gasteiger partial charge in [0.1, 0.15) is 5.69 Å². The Balaban J connectivity index is 1.33. The minimum atomic E-state index is -0.183. The predicted octanol–water partition coefficient (Wildman–Crippen LogP) is 0.331. The van der Waals surface area contributed by atoms with Crippen LogP contribution in [0.4, 0.5) is 0 Å². The molecule has 2 aromatic rings. The highest BCUT2D eigenvalue weighted by Gasteiger charge is 2.34. The molecule has 132 valence electrons. The zero-order valence-corrected chi connectivity index (χ0v) is 14.1. The van der Waals surface area contributed by atoms with E-state index < -0.39 is 0 Å². The molecule has 1 saturated heterocycles. The first kappa shape index (κ1) is 15.8. The van der Waals surface area contributed by atoms with Gasteiger partial charge in [-0.2, -0.15) is 5.10 Å². The molecule has 2 amide bonds. The van der Waals surface area contributed by atoms with Crippen molar-refractivity contribution in [1.29, 1.82) is 0 Å². The second-order valence-corrected chi connectivity index (χ2v) is 6.63. The van der Waals surface area contributed by atoms with Crippen LogP contribution in [0.2, 0.25) is 0 Å². The van der Waals surface area contributed by atoms with E-state index in [0.717, 1.165) is 0 Å². The molecule has 0 aromatic carbocycles. The fraction of sp³-hybridized carbons (Fsp3) is 0.562. The second kappa shape index (κ2) is 6.30. The Morgan fingerprint density at radius 1 is 1.32 bits per heavy atom. The van der Waals surface area contributed by atoms with Gasteiger partial charge in [-0.25, -0.2) is 4.68 Å². The summed E-state index contributed by atoms with van der Waals surface area (Å²) in [4.78, 5) is 26.2. The number of amides is 2. The Morgan fingerprint density at radius 3 is 2.84 bits per heavy atom. The standard InChI is InChI=1S/C16H21N7O2/c1-2-22-14(5-6-18-22)16(25)21-8-12(9-21)23-10-13(19-20-23)15(24)17-7-11-3-4-11/h5-6,10-12H,2-4,7-9H2,1H3,(H,17,24). The minimum absolute atomic E-state index is 0.0295. The Bertz CT molecular complexity index is 786. The van der Waals surface area contributed by atoms with Gasteiger partial charge >= 0.3 is 0 Å². The summed E-state index contributed by atoms with van der Waals surface area (Å²) < 4.78 is 3.36. The molecule has 4 rings (SSSR count). The van der Waals surface area contributed by atoms with Gasteiger partial charge in [0.05, 0.1) is 12.2 Å². The SMILES string of the molecule is CCn1nccc1C(=O)N1CC(n2cc(C(=O)NCC3CC3)nn2)C1. The summed E-state index contributed by atoms with van der Waals surface area (Å²) in [6.45, 7) is 4.44. The fourth-order valence-corrected chi connectivity index (χ4v) is 2.93. The summed E-state index contributed by atoms with van der Waals surface area (Å²) in [6.07, 6.45) is 5.68. The van der Waals surface area contributed by atoms with Crippen molar-refractivity contribution in [3.63, 3.8) is 0 Å². The molecule has 2 fully saturated rings. The van der Waals surface area contributed by atoms with Crippen LogP contribution in [-0.4, -0.2) is 61.1 Å². The fourth-order valence-electron chi connectivity index (χ4n) is 2.93. The number of nitrogens with one attached hydrogen (secondary N) is 1. The van der Waals surface area contributed by atoms with Gasteiger partial charge in [0.15, 0.2) is 5.69 Å². The van der Waals surface area contributed by atoms with E-state index in [4.69, 9.17) is 0 Å². The van der Waals surface area contributed by atoms with Gasteiger partial charge in [-0.1, -0.05) is 5.21 Å². The first-order valence-corrected chi connectivity index (χ1v) is 8.66. The summed E-state index contributed by atoms with van der Waals surface area (Å²) >= 11 is 0. The average Bonchev–Trinajstić information content (AvgIpc) is 3.08. The maximum absolute atomic E-state index is 12.5.